The molecule has 0 radical (unpaired) electrons. The lowest BCUT2D eigenvalue weighted by molar-refractivity contribution is -0.111. The van der Waals surface area contributed by atoms with Crippen molar-refractivity contribution in [1.29, 1.82) is 0 Å². The van der Waals surface area contributed by atoms with Gasteiger partial charge in [-0.05, 0) is 87.5 Å². The fourth-order valence-corrected chi connectivity index (χ4v) is 5.46. The van der Waals surface area contributed by atoms with E-state index in [-0.39, 0.29) is 5.91 Å². The molecule has 1 N–H and O–H groups in total. The molecule has 0 unspecified atom stereocenters. The number of hydrogen-bond acceptors (Lipinski definition) is 5. The topological polar surface area (TPSA) is 61.4 Å². The molecule has 3 aromatic rings. The lowest BCUT2D eigenvalue weighted by atomic mass is 10.0. The fourth-order valence-electron chi connectivity index (χ4n) is 5.46. The van der Waals surface area contributed by atoms with E-state index in [1.807, 2.05) is 31.2 Å². The van der Waals surface area contributed by atoms with E-state index in [1.165, 1.54) is 44.3 Å². The number of benzene rings is 2. The highest BCUT2D eigenvalue weighted by Crippen LogP contribution is 2.26. The van der Waals surface area contributed by atoms with E-state index in [0.29, 0.717) is 6.04 Å². The largest absolute Gasteiger partial charge is 0.341 e. The van der Waals surface area contributed by atoms with Gasteiger partial charge < -0.3 is 15.1 Å². The minimum absolute atomic E-state index is 0.150. The maximum absolute atomic E-state index is 12.5. The Bertz CT molecular complexity index is 1220. The lowest BCUT2D eigenvalue weighted by Crippen LogP contribution is -2.44. The molecule has 6 heteroatoms. The Labute approximate surface area is 214 Å². The van der Waals surface area contributed by atoms with Crippen molar-refractivity contribution in [3.8, 4) is 0 Å². The Hall–Kier alpha value is -3.25. The van der Waals surface area contributed by atoms with Crippen LogP contribution in [0.2, 0.25) is 0 Å². The van der Waals surface area contributed by atoms with Crippen LogP contribution in [-0.4, -0.2) is 53.0 Å². The molecule has 0 saturated carbocycles. The minimum Gasteiger partial charge on any atom is -0.341 e. The van der Waals surface area contributed by atoms with Crippen LogP contribution in [0.15, 0.2) is 48.5 Å². The molecule has 2 fully saturated rings. The van der Waals surface area contributed by atoms with Gasteiger partial charge in [0.2, 0.25) is 11.9 Å². The molecule has 2 aliphatic rings. The van der Waals surface area contributed by atoms with Crippen molar-refractivity contribution in [2.24, 2.45) is 0 Å². The van der Waals surface area contributed by atoms with Crippen LogP contribution in [-0.2, 0) is 11.2 Å². The Kier molecular flexibility index (Phi) is 7.61. The first-order valence-electron chi connectivity index (χ1n) is 13.4. The molecular weight excluding hydrogens is 446 g/mol. The minimum atomic E-state index is -0.150. The van der Waals surface area contributed by atoms with Gasteiger partial charge in [0.05, 0.1) is 11.2 Å². The first-order valence-corrected chi connectivity index (χ1v) is 13.4. The summed E-state index contributed by atoms with van der Waals surface area (Å²) in [6.07, 6.45) is 10.7. The summed E-state index contributed by atoms with van der Waals surface area (Å²) in [5, 5.41) is 3.95. The standard InChI is InChI=1S/C30H37N5O/c1-3-6-23-7-9-24(10-8-23)11-14-29(36)32-25-12-13-28-27(21-25)22(2)31-30(33-28)35-19-15-26(16-20-35)34-17-4-5-18-34/h7-14,21,26H,3-6,15-20H2,1-2H3,(H,32,36)/b14-11+. The number of fused-ring (bicyclic) bond motifs is 1. The fraction of sp³-hybridized carbons (Fsp3) is 0.433. The number of nitrogens with zero attached hydrogens (tertiary/aromatic N) is 4. The van der Waals surface area contributed by atoms with Crippen LogP contribution >= 0.6 is 0 Å². The van der Waals surface area contributed by atoms with Crippen LogP contribution in [0.25, 0.3) is 17.0 Å². The second-order valence-electron chi connectivity index (χ2n) is 10.1. The average molecular weight is 484 g/mol. The van der Waals surface area contributed by atoms with Crippen LogP contribution in [0.4, 0.5) is 11.6 Å². The number of carbonyl (C=O) groups is 1. The molecule has 3 heterocycles. The SMILES string of the molecule is CCCc1ccc(/C=C/C(=O)Nc2ccc3nc(N4CCC(N5CCCC5)CC4)nc(C)c3c2)cc1. The molecular formula is C30H37N5O. The summed E-state index contributed by atoms with van der Waals surface area (Å²) in [4.78, 5) is 27.2. The Balaban J connectivity index is 1.22. The van der Waals surface area contributed by atoms with E-state index in [4.69, 9.17) is 9.97 Å². The number of likely N-dealkylation sites (tertiary alicyclic amines) is 1. The van der Waals surface area contributed by atoms with E-state index in [0.717, 1.165) is 59.7 Å². The molecule has 0 bridgehead atoms. The molecule has 6 nitrogen and oxygen atoms in total. The highest BCUT2D eigenvalue weighted by Gasteiger charge is 2.27. The van der Waals surface area contributed by atoms with E-state index in [1.54, 1.807) is 6.08 Å². The van der Waals surface area contributed by atoms with E-state index < -0.39 is 0 Å². The lowest BCUT2D eigenvalue weighted by Gasteiger charge is -2.36. The summed E-state index contributed by atoms with van der Waals surface area (Å²) < 4.78 is 0. The number of anilines is 2. The van der Waals surface area contributed by atoms with Crippen molar-refractivity contribution < 1.29 is 4.79 Å². The molecule has 2 aliphatic heterocycles. The van der Waals surface area contributed by atoms with Crippen LogP contribution in [0.3, 0.4) is 0 Å². The third kappa shape index (κ3) is 5.76. The number of piperidine rings is 1. The van der Waals surface area contributed by atoms with E-state index in [2.05, 4.69) is 46.3 Å². The quantitative estimate of drug-likeness (QED) is 0.443. The van der Waals surface area contributed by atoms with Crippen molar-refractivity contribution in [3.05, 3.63) is 65.4 Å². The number of rotatable bonds is 7. The molecule has 5 rings (SSSR count). The second-order valence-corrected chi connectivity index (χ2v) is 10.1. The van der Waals surface area contributed by atoms with E-state index in [9.17, 15) is 4.79 Å². The normalized spacial score (nSPS) is 17.3. The summed E-state index contributed by atoms with van der Waals surface area (Å²) in [6.45, 7) is 8.74. The van der Waals surface area contributed by atoms with Gasteiger partial charge in [-0.2, -0.15) is 0 Å². The molecule has 2 saturated heterocycles. The predicted octanol–water partition coefficient (Wildman–Crippen LogP) is 5.61. The highest BCUT2D eigenvalue weighted by atomic mass is 16.1. The van der Waals surface area contributed by atoms with Gasteiger partial charge in [-0.1, -0.05) is 37.6 Å². The molecule has 1 amide bonds. The second kappa shape index (κ2) is 11.2. The van der Waals surface area contributed by atoms with Crippen LogP contribution in [0, 0.1) is 6.92 Å². The van der Waals surface area contributed by atoms with Gasteiger partial charge in [0, 0.05) is 36.3 Å². The molecule has 36 heavy (non-hydrogen) atoms. The molecule has 0 aliphatic carbocycles. The van der Waals surface area contributed by atoms with Gasteiger partial charge in [-0.25, -0.2) is 9.97 Å². The molecule has 188 valence electrons. The van der Waals surface area contributed by atoms with Crippen molar-refractivity contribution in [3.63, 3.8) is 0 Å². The number of aromatic nitrogens is 2. The highest BCUT2D eigenvalue weighted by molar-refractivity contribution is 6.03. The molecule has 1 aromatic heterocycles. The smallest absolute Gasteiger partial charge is 0.248 e. The monoisotopic (exact) mass is 483 g/mol. The third-order valence-electron chi connectivity index (χ3n) is 7.49. The van der Waals surface area contributed by atoms with Gasteiger partial charge >= 0.3 is 0 Å². The van der Waals surface area contributed by atoms with Gasteiger partial charge in [-0.3, -0.25) is 4.79 Å². The predicted molar refractivity (Wildman–Crippen MR) is 148 cm³/mol. The third-order valence-corrected chi connectivity index (χ3v) is 7.49. The molecule has 0 spiro atoms. The van der Waals surface area contributed by atoms with Crippen LogP contribution < -0.4 is 10.2 Å². The number of carbonyl (C=O) groups excluding carboxylic acids is 1. The Morgan fingerprint density at radius 1 is 1.03 bits per heavy atom. The summed E-state index contributed by atoms with van der Waals surface area (Å²) in [6, 6.07) is 14.9. The van der Waals surface area contributed by atoms with Gasteiger partial charge in [0.25, 0.3) is 0 Å². The number of amides is 1. The van der Waals surface area contributed by atoms with Crippen molar-refractivity contribution >= 4 is 34.5 Å². The van der Waals surface area contributed by atoms with Gasteiger partial charge in [0.1, 0.15) is 0 Å². The summed E-state index contributed by atoms with van der Waals surface area (Å²) in [5.74, 6) is 0.674. The number of aryl methyl sites for hydroxylation is 2. The van der Waals surface area contributed by atoms with Crippen molar-refractivity contribution in [2.75, 3.05) is 36.4 Å². The zero-order valence-corrected chi connectivity index (χ0v) is 21.5. The first-order chi connectivity index (χ1) is 17.6. The van der Waals surface area contributed by atoms with Gasteiger partial charge in [-0.15, -0.1) is 0 Å². The van der Waals surface area contributed by atoms with Crippen LogP contribution in [0.5, 0.6) is 0 Å². The van der Waals surface area contributed by atoms with E-state index >= 15 is 0 Å². The molecule has 0 atom stereocenters. The Morgan fingerprint density at radius 2 is 1.78 bits per heavy atom. The summed E-state index contributed by atoms with van der Waals surface area (Å²) in [7, 11) is 0. The molecule has 2 aromatic carbocycles. The van der Waals surface area contributed by atoms with Crippen LogP contribution in [0.1, 0.15) is 55.8 Å². The first kappa shape index (κ1) is 24.4. The summed E-state index contributed by atoms with van der Waals surface area (Å²) in [5.41, 5.74) is 4.95. The number of hydrogen-bond donors (Lipinski definition) is 1. The number of nitrogens with one attached hydrogen (secondary N) is 1. The Morgan fingerprint density at radius 3 is 2.50 bits per heavy atom. The van der Waals surface area contributed by atoms with Crippen molar-refractivity contribution in [2.45, 2.75) is 58.4 Å². The maximum Gasteiger partial charge on any atom is 0.248 e. The summed E-state index contributed by atoms with van der Waals surface area (Å²) >= 11 is 0. The van der Waals surface area contributed by atoms with Crippen molar-refractivity contribution in [1.82, 2.24) is 14.9 Å². The zero-order chi connectivity index (χ0) is 24.9. The van der Waals surface area contributed by atoms with Gasteiger partial charge in [0.15, 0.2) is 0 Å². The zero-order valence-electron chi connectivity index (χ0n) is 21.5. The maximum atomic E-state index is 12.5. The average Bonchev–Trinajstić information content (AvgIpc) is 3.44.